The lowest BCUT2D eigenvalue weighted by Crippen LogP contribution is -2.28. The molecule has 0 saturated carbocycles. The first-order valence-corrected chi connectivity index (χ1v) is 6.77. The topological polar surface area (TPSA) is 29.3 Å². The Morgan fingerprint density at radius 3 is 2.20 bits per heavy atom. The summed E-state index contributed by atoms with van der Waals surface area (Å²) in [6.07, 6.45) is 11.0. The molecule has 0 aliphatic carbocycles. The molecule has 1 saturated heterocycles. The Labute approximate surface area is 95.2 Å². The zero-order chi connectivity index (χ0) is 10.9. The molecule has 2 N–H and O–H groups in total. The van der Waals surface area contributed by atoms with Crippen molar-refractivity contribution in [2.45, 2.75) is 64.3 Å². The van der Waals surface area contributed by atoms with Gasteiger partial charge in [-0.2, -0.15) is 0 Å². The van der Waals surface area contributed by atoms with E-state index in [0.717, 1.165) is 0 Å². The molecule has 90 valence electrons. The predicted octanol–water partition coefficient (Wildman–Crippen LogP) is 2.77. The molecule has 1 atom stereocenters. The number of hydrogen-bond donors (Lipinski definition) is 1. The highest BCUT2D eigenvalue weighted by atomic mass is 15.1. The van der Waals surface area contributed by atoms with Crippen molar-refractivity contribution in [1.82, 2.24) is 4.90 Å². The molecule has 1 unspecified atom stereocenters. The van der Waals surface area contributed by atoms with Crippen molar-refractivity contribution in [2.24, 2.45) is 5.73 Å². The Morgan fingerprint density at radius 1 is 1.00 bits per heavy atom. The van der Waals surface area contributed by atoms with Gasteiger partial charge in [-0.25, -0.2) is 0 Å². The van der Waals surface area contributed by atoms with Crippen molar-refractivity contribution in [2.75, 3.05) is 19.6 Å². The monoisotopic (exact) mass is 212 g/mol. The zero-order valence-electron chi connectivity index (χ0n) is 10.4. The van der Waals surface area contributed by atoms with Gasteiger partial charge in [-0.05, 0) is 52.2 Å². The molecule has 1 aliphatic heterocycles. The molecular weight excluding hydrogens is 184 g/mol. The van der Waals surface area contributed by atoms with Gasteiger partial charge >= 0.3 is 0 Å². The van der Waals surface area contributed by atoms with Crippen molar-refractivity contribution >= 4 is 0 Å². The average molecular weight is 212 g/mol. The van der Waals surface area contributed by atoms with Crippen molar-refractivity contribution in [1.29, 1.82) is 0 Å². The van der Waals surface area contributed by atoms with Gasteiger partial charge in [0.25, 0.3) is 0 Å². The number of nitrogens with zero attached hydrogens (tertiary/aromatic N) is 1. The second-order valence-electron chi connectivity index (χ2n) is 5.08. The van der Waals surface area contributed by atoms with Crippen LogP contribution in [0.1, 0.15) is 58.3 Å². The summed E-state index contributed by atoms with van der Waals surface area (Å²) in [5.74, 6) is 0. The van der Waals surface area contributed by atoms with Crippen molar-refractivity contribution in [3.63, 3.8) is 0 Å². The maximum atomic E-state index is 5.74. The van der Waals surface area contributed by atoms with Crippen LogP contribution in [-0.2, 0) is 0 Å². The quantitative estimate of drug-likeness (QED) is 0.710. The summed E-state index contributed by atoms with van der Waals surface area (Å²) in [5, 5.41) is 0. The van der Waals surface area contributed by atoms with Crippen LogP contribution in [0.3, 0.4) is 0 Å². The number of nitrogens with two attached hydrogens (primary N) is 1. The van der Waals surface area contributed by atoms with E-state index in [2.05, 4.69) is 11.8 Å². The molecule has 1 aliphatic rings. The molecule has 0 amide bonds. The Morgan fingerprint density at radius 2 is 1.60 bits per heavy atom. The fourth-order valence-electron chi connectivity index (χ4n) is 2.34. The molecule has 15 heavy (non-hydrogen) atoms. The standard InChI is InChI=1S/C13H28N2/c1-13(14)9-5-8-12-15-10-6-3-2-4-7-11-15/h13H,2-12,14H2,1H3. The van der Waals surface area contributed by atoms with Crippen LogP contribution in [0.5, 0.6) is 0 Å². The van der Waals surface area contributed by atoms with E-state index in [0.29, 0.717) is 6.04 Å². The van der Waals surface area contributed by atoms with Crippen LogP contribution < -0.4 is 5.73 Å². The summed E-state index contributed by atoms with van der Waals surface area (Å²) in [4.78, 5) is 2.65. The summed E-state index contributed by atoms with van der Waals surface area (Å²) in [7, 11) is 0. The SMILES string of the molecule is CC(N)CCCCN1CCCCCCC1. The van der Waals surface area contributed by atoms with Crippen molar-refractivity contribution in [3.05, 3.63) is 0 Å². The van der Waals surface area contributed by atoms with Gasteiger partial charge in [0.1, 0.15) is 0 Å². The number of rotatable bonds is 5. The van der Waals surface area contributed by atoms with Crippen LogP contribution in [-0.4, -0.2) is 30.6 Å². The van der Waals surface area contributed by atoms with E-state index in [-0.39, 0.29) is 0 Å². The molecule has 1 rings (SSSR count). The van der Waals surface area contributed by atoms with Gasteiger partial charge in [0, 0.05) is 6.04 Å². The minimum absolute atomic E-state index is 0.386. The van der Waals surface area contributed by atoms with Crippen LogP contribution in [0.25, 0.3) is 0 Å². The van der Waals surface area contributed by atoms with E-state index in [1.807, 2.05) is 0 Å². The fourth-order valence-corrected chi connectivity index (χ4v) is 2.34. The highest BCUT2D eigenvalue weighted by Gasteiger charge is 2.07. The van der Waals surface area contributed by atoms with Crippen LogP contribution >= 0.6 is 0 Å². The van der Waals surface area contributed by atoms with Gasteiger partial charge in [0.15, 0.2) is 0 Å². The zero-order valence-corrected chi connectivity index (χ0v) is 10.4. The van der Waals surface area contributed by atoms with E-state index in [4.69, 9.17) is 5.73 Å². The second-order valence-corrected chi connectivity index (χ2v) is 5.08. The third-order valence-electron chi connectivity index (χ3n) is 3.33. The Kier molecular flexibility index (Phi) is 7.03. The van der Waals surface area contributed by atoms with E-state index in [9.17, 15) is 0 Å². The normalized spacial score (nSPS) is 22.0. The number of likely N-dealkylation sites (tertiary alicyclic amines) is 1. The van der Waals surface area contributed by atoms with Gasteiger partial charge in [-0.1, -0.05) is 25.7 Å². The van der Waals surface area contributed by atoms with Gasteiger partial charge in [-0.3, -0.25) is 0 Å². The van der Waals surface area contributed by atoms with Gasteiger partial charge in [-0.15, -0.1) is 0 Å². The predicted molar refractivity (Wildman–Crippen MR) is 67.0 cm³/mol. The smallest absolute Gasteiger partial charge is 0.00104 e. The van der Waals surface area contributed by atoms with Crippen molar-refractivity contribution in [3.8, 4) is 0 Å². The van der Waals surface area contributed by atoms with Crippen LogP contribution in [0.2, 0.25) is 0 Å². The summed E-state index contributed by atoms with van der Waals surface area (Å²) >= 11 is 0. The molecule has 2 heteroatoms. The lowest BCUT2D eigenvalue weighted by molar-refractivity contribution is 0.242. The molecule has 0 spiro atoms. The van der Waals surface area contributed by atoms with E-state index in [1.165, 1.54) is 71.0 Å². The Hall–Kier alpha value is -0.0800. The summed E-state index contributed by atoms with van der Waals surface area (Å²) in [6.45, 7) is 6.07. The number of unbranched alkanes of at least 4 members (excludes halogenated alkanes) is 1. The molecule has 0 radical (unpaired) electrons. The molecule has 1 fully saturated rings. The molecule has 0 aromatic rings. The third-order valence-corrected chi connectivity index (χ3v) is 3.33. The molecule has 0 bridgehead atoms. The van der Waals surface area contributed by atoms with E-state index < -0.39 is 0 Å². The van der Waals surface area contributed by atoms with Crippen LogP contribution in [0.15, 0.2) is 0 Å². The van der Waals surface area contributed by atoms with Crippen LogP contribution in [0, 0.1) is 0 Å². The summed E-state index contributed by atoms with van der Waals surface area (Å²) < 4.78 is 0. The molecule has 0 aromatic carbocycles. The Bertz CT molecular complexity index is 137. The lowest BCUT2D eigenvalue weighted by Gasteiger charge is -2.24. The summed E-state index contributed by atoms with van der Waals surface area (Å²) in [6, 6.07) is 0.386. The van der Waals surface area contributed by atoms with E-state index >= 15 is 0 Å². The maximum absolute atomic E-state index is 5.74. The first kappa shape index (κ1) is 13.0. The largest absolute Gasteiger partial charge is 0.328 e. The fraction of sp³-hybridized carbons (Fsp3) is 1.00. The molecular formula is C13H28N2. The number of hydrogen-bond acceptors (Lipinski definition) is 2. The second kappa shape index (κ2) is 8.12. The van der Waals surface area contributed by atoms with Crippen molar-refractivity contribution < 1.29 is 0 Å². The minimum Gasteiger partial charge on any atom is -0.328 e. The molecule has 1 heterocycles. The van der Waals surface area contributed by atoms with Crippen LogP contribution in [0.4, 0.5) is 0 Å². The Balaban J connectivity index is 2.02. The average Bonchev–Trinajstić information content (AvgIpc) is 2.14. The van der Waals surface area contributed by atoms with Gasteiger partial charge < -0.3 is 10.6 Å². The van der Waals surface area contributed by atoms with Gasteiger partial charge in [0.2, 0.25) is 0 Å². The third kappa shape index (κ3) is 6.91. The minimum atomic E-state index is 0.386. The summed E-state index contributed by atoms with van der Waals surface area (Å²) in [5.41, 5.74) is 5.74. The lowest BCUT2D eigenvalue weighted by atomic mass is 10.1. The first-order chi connectivity index (χ1) is 7.29. The molecule has 0 aromatic heterocycles. The van der Waals surface area contributed by atoms with Gasteiger partial charge in [0.05, 0.1) is 0 Å². The highest BCUT2D eigenvalue weighted by molar-refractivity contribution is 4.63. The first-order valence-electron chi connectivity index (χ1n) is 6.77. The maximum Gasteiger partial charge on any atom is 0.00104 e. The van der Waals surface area contributed by atoms with E-state index in [1.54, 1.807) is 0 Å². The molecule has 2 nitrogen and oxygen atoms in total. The highest BCUT2D eigenvalue weighted by Crippen LogP contribution is 2.11.